The van der Waals surface area contributed by atoms with Crippen molar-refractivity contribution < 1.29 is 4.79 Å². The molecule has 0 saturated carbocycles. The summed E-state index contributed by atoms with van der Waals surface area (Å²) in [6.07, 6.45) is 4.65. The van der Waals surface area contributed by atoms with Crippen molar-refractivity contribution in [2.75, 3.05) is 12.5 Å². The first-order valence-corrected chi connectivity index (χ1v) is 6.82. The van der Waals surface area contributed by atoms with Crippen LogP contribution in [0.3, 0.4) is 0 Å². The fourth-order valence-electron chi connectivity index (χ4n) is 1.27. The minimum Gasteiger partial charge on any atom is -0.300 e. The van der Waals surface area contributed by atoms with Crippen molar-refractivity contribution in [2.45, 2.75) is 23.1 Å². The van der Waals surface area contributed by atoms with Gasteiger partial charge in [0.2, 0.25) is 0 Å². The van der Waals surface area contributed by atoms with Crippen molar-refractivity contribution >= 4 is 29.3 Å². The van der Waals surface area contributed by atoms with E-state index < -0.39 is 0 Å². The summed E-state index contributed by atoms with van der Waals surface area (Å²) in [5, 5.41) is 0. The monoisotopic (exact) mass is 226 g/mol. The molecule has 1 aromatic rings. The maximum absolute atomic E-state index is 11.0. The van der Waals surface area contributed by atoms with Gasteiger partial charge in [-0.3, -0.25) is 4.79 Å². The SMILES string of the molecule is CSc1ccc(CC(C)=O)c(SC)c1. The predicted octanol–water partition coefficient (Wildman–Crippen LogP) is 3.26. The average Bonchev–Trinajstić information content (AvgIpc) is 2.17. The molecule has 0 aromatic heterocycles. The number of carbonyl (C=O) groups excluding carboxylic acids is 1. The zero-order valence-electron chi connectivity index (χ0n) is 8.66. The van der Waals surface area contributed by atoms with Crippen LogP contribution in [0.15, 0.2) is 28.0 Å². The first kappa shape index (κ1) is 11.7. The number of ketones is 1. The zero-order valence-corrected chi connectivity index (χ0v) is 10.3. The van der Waals surface area contributed by atoms with Gasteiger partial charge in [-0.25, -0.2) is 0 Å². The normalized spacial score (nSPS) is 10.2. The van der Waals surface area contributed by atoms with E-state index in [0.29, 0.717) is 6.42 Å². The Bertz CT molecular complexity index is 334. The van der Waals surface area contributed by atoms with Gasteiger partial charge in [-0.15, -0.1) is 23.5 Å². The lowest BCUT2D eigenvalue weighted by atomic mass is 10.1. The molecule has 0 spiro atoms. The van der Waals surface area contributed by atoms with Gasteiger partial charge in [0.15, 0.2) is 0 Å². The average molecular weight is 226 g/mol. The fraction of sp³-hybridized carbons (Fsp3) is 0.364. The molecule has 0 saturated heterocycles. The molecule has 0 unspecified atom stereocenters. The fourth-order valence-corrected chi connectivity index (χ4v) is 2.43. The third kappa shape index (κ3) is 3.07. The molecule has 1 rings (SSSR count). The summed E-state index contributed by atoms with van der Waals surface area (Å²) in [4.78, 5) is 13.5. The molecule has 3 heteroatoms. The Morgan fingerprint density at radius 1 is 1.29 bits per heavy atom. The maximum Gasteiger partial charge on any atom is 0.134 e. The lowest BCUT2D eigenvalue weighted by molar-refractivity contribution is -0.116. The Balaban J connectivity index is 2.98. The van der Waals surface area contributed by atoms with E-state index in [9.17, 15) is 4.79 Å². The Labute approximate surface area is 93.7 Å². The highest BCUT2D eigenvalue weighted by atomic mass is 32.2. The van der Waals surface area contributed by atoms with Gasteiger partial charge >= 0.3 is 0 Å². The van der Waals surface area contributed by atoms with Crippen molar-refractivity contribution in [1.29, 1.82) is 0 Å². The van der Waals surface area contributed by atoms with E-state index in [-0.39, 0.29) is 5.78 Å². The summed E-state index contributed by atoms with van der Waals surface area (Å²) >= 11 is 3.43. The molecule has 76 valence electrons. The topological polar surface area (TPSA) is 17.1 Å². The molecule has 0 aliphatic heterocycles. The Morgan fingerprint density at radius 3 is 2.50 bits per heavy atom. The first-order valence-electron chi connectivity index (χ1n) is 4.37. The Hall–Kier alpha value is -0.410. The Kier molecular flexibility index (Phi) is 4.55. The summed E-state index contributed by atoms with van der Waals surface area (Å²) in [6.45, 7) is 1.63. The molecule has 14 heavy (non-hydrogen) atoms. The van der Waals surface area contributed by atoms with Crippen LogP contribution >= 0.6 is 23.5 Å². The highest BCUT2D eigenvalue weighted by Gasteiger charge is 2.04. The third-order valence-electron chi connectivity index (χ3n) is 1.93. The molecule has 1 nitrogen and oxygen atoms in total. The van der Waals surface area contributed by atoms with Gasteiger partial charge in [-0.05, 0) is 37.1 Å². The Morgan fingerprint density at radius 2 is 2.00 bits per heavy atom. The van der Waals surface area contributed by atoms with E-state index >= 15 is 0 Å². The van der Waals surface area contributed by atoms with Gasteiger partial charge < -0.3 is 0 Å². The summed E-state index contributed by atoms with van der Waals surface area (Å²) in [5.41, 5.74) is 1.14. The summed E-state index contributed by atoms with van der Waals surface area (Å²) < 4.78 is 0. The number of benzene rings is 1. The number of thioether (sulfide) groups is 2. The highest BCUT2D eigenvalue weighted by molar-refractivity contribution is 7.99. The van der Waals surface area contributed by atoms with E-state index in [0.717, 1.165) is 5.56 Å². The van der Waals surface area contributed by atoms with Crippen molar-refractivity contribution in [1.82, 2.24) is 0 Å². The molecule has 0 heterocycles. The molecule has 0 bridgehead atoms. The van der Waals surface area contributed by atoms with E-state index in [4.69, 9.17) is 0 Å². The molecule has 0 N–H and O–H groups in total. The molecular weight excluding hydrogens is 212 g/mol. The van der Waals surface area contributed by atoms with E-state index in [1.165, 1.54) is 9.79 Å². The first-order chi connectivity index (χ1) is 6.67. The van der Waals surface area contributed by atoms with Crippen LogP contribution in [0.25, 0.3) is 0 Å². The minimum atomic E-state index is 0.220. The third-order valence-corrected chi connectivity index (χ3v) is 3.48. The van der Waals surface area contributed by atoms with Crippen LogP contribution in [0.5, 0.6) is 0 Å². The minimum absolute atomic E-state index is 0.220. The van der Waals surface area contributed by atoms with Gasteiger partial charge in [0.25, 0.3) is 0 Å². The van der Waals surface area contributed by atoms with E-state index in [1.807, 2.05) is 6.26 Å². The van der Waals surface area contributed by atoms with E-state index in [1.54, 1.807) is 30.4 Å². The lowest BCUT2D eigenvalue weighted by Gasteiger charge is -2.07. The number of rotatable bonds is 4. The van der Waals surface area contributed by atoms with Crippen LogP contribution in [-0.4, -0.2) is 18.3 Å². The molecular formula is C11H14OS2. The predicted molar refractivity (Wildman–Crippen MR) is 64.4 cm³/mol. The van der Waals surface area contributed by atoms with Crippen LogP contribution in [-0.2, 0) is 11.2 Å². The summed E-state index contributed by atoms with van der Waals surface area (Å²) in [5.74, 6) is 0.220. The van der Waals surface area contributed by atoms with Crippen LogP contribution in [0.1, 0.15) is 12.5 Å². The molecule has 0 aliphatic rings. The number of Topliss-reactive ketones (excluding diaryl/α,β-unsaturated/α-hetero) is 1. The van der Waals surface area contributed by atoms with Crippen molar-refractivity contribution in [2.24, 2.45) is 0 Å². The van der Waals surface area contributed by atoms with E-state index in [2.05, 4.69) is 24.5 Å². The number of hydrogen-bond acceptors (Lipinski definition) is 3. The molecule has 0 atom stereocenters. The molecule has 0 amide bonds. The largest absolute Gasteiger partial charge is 0.300 e. The van der Waals surface area contributed by atoms with Crippen LogP contribution < -0.4 is 0 Å². The smallest absolute Gasteiger partial charge is 0.134 e. The van der Waals surface area contributed by atoms with Gasteiger partial charge in [0.05, 0.1) is 0 Å². The lowest BCUT2D eigenvalue weighted by Crippen LogP contribution is -1.97. The second-order valence-corrected chi connectivity index (χ2v) is 4.78. The van der Waals surface area contributed by atoms with Crippen molar-refractivity contribution in [3.05, 3.63) is 23.8 Å². The maximum atomic E-state index is 11.0. The highest BCUT2D eigenvalue weighted by Crippen LogP contribution is 2.26. The van der Waals surface area contributed by atoms with Crippen molar-refractivity contribution in [3.8, 4) is 0 Å². The van der Waals surface area contributed by atoms with Crippen molar-refractivity contribution in [3.63, 3.8) is 0 Å². The van der Waals surface area contributed by atoms with Crippen LogP contribution in [0.2, 0.25) is 0 Å². The van der Waals surface area contributed by atoms with Crippen LogP contribution in [0, 0.1) is 0 Å². The number of carbonyl (C=O) groups is 1. The second-order valence-electron chi connectivity index (χ2n) is 3.06. The standard InChI is InChI=1S/C11H14OS2/c1-8(12)6-9-4-5-10(13-2)7-11(9)14-3/h4-5,7H,6H2,1-3H3. The summed E-state index contributed by atoms with van der Waals surface area (Å²) in [7, 11) is 0. The second kappa shape index (κ2) is 5.47. The van der Waals surface area contributed by atoms with Gasteiger partial charge in [-0.1, -0.05) is 6.07 Å². The zero-order chi connectivity index (χ0) is 10.6. The quantitative estimate of drug-likeness (QED) is 0.734. The van der Waals surface area contributed by atoms with Gasteiger partial charge in [0.1, 0.15) is 5.78 Å². The molecule has 0 aliphatic carbocycles. The van der Waals surface area contributed by atoms with Gasteiger partial charge in [0, 0.05) is 16.2 Å². The molecule has 0 radical (unpaired) electrons. The summed E-state index contributed by atoms with van der Waals surface area (Å²) in [6, 6.07) is 6.27. The number of hydrogen-bond donors (Lipinski definition) is 0. The van der Waals surface area contributed by atoms with Gasteiger partial charge in [-0.2, -0.15) is 0 Å². The molecule has 1 aromatic carbocycles. The molecule has 0 fully saturated rings. The van der Waals surface area contributed by atoms with Crippen LogP contribution in [0.4, 0.5) is 0 Å².